The van der Waals surface area contributed by atoms with Gasteiger partial charge in [0.15, 0.2) is 5.76 Å². The lowest BCUT2D eigenvalue weighted by molar-refractivity contribution is -0.279. The number of rotatable bonds is 9. The van der Waals surface area contributed by atoms with Gasteiger partial charge >= 0.3 is 6.09 Å². The van der Waals surface area contributed by atoms with E-state index in [4.69, 9.17) is 18.7 Å². The summed E-state index contributed by atoms with van der Waals surface area (Å²) in [5.41, 5.74) is 3.15. The Morgan fingerprint density at radius 3 is 2.49 bits per heavy atom. The number of aliphatic hydroxyl groups is 3. The van der Waals surface area contributed by atoms with Crippen molar-refractivity contribution in [1.82, 2.24) is 15.1 Å². The number of aliphatic hydroxyl groups excluding tert-OH is 3. The zero-order valence-corrected chi connectivity index (χ0v) is 22.2. The van der Waals surface area contributed by atoms with E-state index in [1.54, 1.807) is 37.4 Å². The third kappa shape index (κ3) is 6.87. The van der Waals surface area contributed by atoms with Gasteiger partial charge in [0.25, 0.3) is 0 Å². The SMILES string of the molecule is CCC1OC(OC(=O)Nc2ncccc2-c2cc(Cc3ccc(COc4ccccn4)cc3)no2)C(O)C(O)C1O. The summed E-state index contributed by atoms with van der Waals surface area (Å²) in [6, 6.07) is 18.6. The molecule has 214 valence electrons. The zero-order valence-electron chi connectivity index (χ0n) is 22.2. The van der Waals surface area contributed by atoms with Gasteiger partial charge in [-0.15, -0.1) is 0 Å². The molecule has 0 saturated carbocycles. The molecule has 4 heterocycles. The monoisotopic (exact) mass is 562 g/mol. The summed E-state index contributed by atoms with van der Waals surface area (Å²) in [6.07, 6.45) is -3.69. The predicted molar refractivity (Wildman–Crippen MR) is 145 cm³/mol. The van der Waals surface area contributed by atoms with Crippen LogP contribution in [-0.2, 0) is 22.5 Å². The first-order chi connectivity index (χ1) is 19.9. The van der Waals surface area contributed by atoms with Crippen molar-refractivity contribution in [2.75, 3.05) is 5.32 Å². The quantitative estimate of drug-likeness (QED) is 0.236. The molecular weight excluding hydrogens is 532 g/mol. The molecular formula is C29H30N4O8. The molecule has 1 aromatic carbocycles. The van der Waals surface area contributed by atoms with Gasteiger partial charge in [0.05, 0.1) is 17.4 Å². The largest absolute Gasteiger partial charge is 0.473 e. The maximum atomic E-state index is 12.6. The van der Waals surface area contributed by atoms with Crippen LogP contribution in [0.1, 0.15) is 30.2 Å². The maximum absolute atomic E-state index is 12.6. The average molecular weight is 563 g/mol. The molecule has 41 heavy (non-hydrogen) atoms. The molecule has 1 aliphatic heterocycles. The molecule has 1 amide bonds. The van der Waals surface area contributed by atoms with Crippen LogP contribution in [0, 0.1) is 0 Å². The fraction of sp³-hybridized carbons (Fsp3) is 0.310. The standard InChI is InChI=1S/C29H30N4O8/c1-2-21-24(34)25(35)26(36)28(39-21)40-29(37)32-27-20(6-5-13-31-27)22-15-19(33-41-22)14-17-8-10-18(11-9-17)16-38-23-7-3-4-12-30-23/h3-13,15,21,24-26,28,34-36H,2,14,16H2,1H3,(H,31,32,37). The van der Waals surface area contributed by atoms with Crippen molar-refractivity contribution in [3.8, 4) is 17.2 Å². The van der Waals surface area contributed by atoms with Crippen LogP contribution in [-0.4, -0.2) is 67.2 Å². The molecule has 5 atom stereocenters. The van der Waals surface area contributed by atoms with Crippen molar-refractivity contribution in [2.24, 2.45) is 0 Å². The Hall–Kier alpha value is -4.36. The van der Waals surface area contributed by atoms with Gasteiger partial charge in [-0.05, 0) is 35.7 Å². The number of pyridine rings is 2. The summed E-state index contributed by atoms with van der Waals surface area (Å²) in [6.45, 7) is 2.13. The fourth-order valence-electron chi connectivity index (χ4n) is 4.36. The van der Waals surface area contributed by atoms with Crippen LogP contribution < -0.4 is 10.1 Å². The number of aromatic nitrogens is 3. The number of nitrogens with zero attached hydrogens (tertiary/aromatic N) is 3. The molecule has 4 aromatic rings. The molecule has 12 nitrogen and oxygen atoms in total. The van der Waals surface area contributed by atoms with E-state index in [1.165, 1.54) is 6.20 Å². The summed E-state index contributed by atoms with van der Waals surface area (Å²) < 4.78 is 21.9. The first kappa shape index (κ1) is 28.2. The minimum Gasteiger partial charge on any atom is -0.473 e. The highest BCUT2D eigenvalue weighted by atomic mass is 16.7. The molecule has 1 saturated heterocycles. The van der Waals surface area contributed by atoms with E-state index < -0.39 is 36.8 Å². The lowest BCUT2D eigenvalue weighted by Gasteiger charge is -2.39. The lowest BCUT2D eigenvalue weighted by atomic mass is 9.97. The van der Waals surface area contributed by atoms with E-state index in [0.29, 0.717) is 42.3 Å². The Morgan fingerprint density at radius 1 is 0.951 bits per heavy atom. The second kappa shape index (κ2) is 12.9. The molecule has 0 bridgehead atoms. The van der Waals surface area contributed by atoms with E-state index in [-0.39, 0.29) is 5.82 Å². The Kier molecular flexibility index (Phi) is 8.85. The highest BCUT2D eigenvalue weighted by Crippen LogP contribution is 2.29. The Bertz CT molecular complexity index is 1430. The molecule has 0 spiro atoms. The molecule has 0 aliphatic carbocycles. The maximum Gasteiger partial charge on any atom is 0.415 e. The minimum absolute atomic E-state index is 0.135. The van der Waals surface area contributed by atoms with Gasteiger partial charge in [-0.3, -0.25) is 5.32 Å². The van der Waals surface area contributed by atoms with Gasteiger partial charge in [0.2, 0.25) is 12.2 Å². The summed E-state index contributed by atoms with van der Waals surface area (Å²) in [4.78, 5) is 21.0. The van der Waals surface area contributed by atoms with Gasteiger partial charge in [-0.2, -0.15) is 0 Å². The Balaban J connectivity index is 1.20. The van der Waals surface area contributed by atoms with Gasteiger partial charge < -0.3 is 34.1 Å². The molecule has 4 N–H and O–H groups in total. The fourth-order valence-corrected chi connectivity index (χ4v) is 4.36. The molecule has 3 aromatic heterocycles. The average Bonchev–Trinajstić information content (AvgIpc) is 3.46. The van der Waals surface area contributed by atoms with Crippen molar-refractivity contribution in [3.05, 3.63) is 89.9 Å². The molecule has 1 aliphatic rings. The number of benzene rings is 1. The number of amides is 1. The summed E-state index contributed by atoms with van der Waals surface area (Å²) in [5.74, 6) is 1.07. The number of nitrogens with one attached hydrogen (secondary N) is 1. The number of carbonyl (C=O) groups excluding carboxylic acids is 1. The van der Waals surface area contributed by atoms with Gasteiger partial charge in [-0.25, -0.2) is 14.8 Å². The lowest BCUT2D eigenvalue weighted by Crippen LogP contribution is -2.58. The second-order valence-corrected chi connectivity index (χ2v) is 9.49. The van der Waals surface area contributed by atoms with Crippen molar-refractivity contribution in [3.63, 3.8) is 0 Å². The first-order valence-corrected chi connectivity index (χ1v) is 13.1. The summed E-state index contributed by atoms with van der Waals surface area (Å²) >= 11 is 0. The molecule has 12 heteroatoms. The first-order valence-electron chi connectivity index (χ1n) is 13.1. The van der Waals surface area contributed by atoms with Crippen molar-refractivity contribution in [2.45, 2.75) is 57.1 Å². The highest BCUT2D eigenvalue weighted by molar-refractivity contribution is 5.88. The van der Waals surface area contributed by atoms with E-state index in [2.05, 4.69) is 20.4 Å². The van der Waals surface area contributed by atoms with Crippen LogP contribution in [0.4, 0.5) is 10.6 Å². The Labute approximate surface area is 235 Å². The topological polar surface area (TPSA) is 169 Å². The van der Waals surface area contributed by atoms with Gasteiger partial charge in [0.1, 0.15) is 30.7 Å². The van der Waals surface area contributed by atoms with Gasteiger partial charge in [-0.1, -0.05) is 42.4 Å². The van der Waals surface area contributed by atoms with Gasteiger partial charge in [0, 0.05) is 30.9 Å². The molecule has 5 rings (SSSR count). The van der Waals surface area contributed by atoms with E-state index in [0.717, 1.165) is 11.1 Å². The van der Waals surface area contributed by atoms with E-state index in [1.807, 2.05) is 36.4 Å². The van der Waals surface area contributed by atoms with Crippen LogP contribution in [0.15, 0.2) is 77.6 Å². The van der Waals surface area contributed by atoms with Crippen LogP contribution in [0.3, 0.4) is 0 Å². The second-order valence-electron chi connectivity index (χ2n) is 9.49. The predicted octanol–water partition coefficient (Wildman–Crippen LogP) is 3.07. The molecule has 0 radical (unpaired) electrons. The summed E-state index contributed by atoms with van der Waals surface area (Å²) in [5, 5.41) is 36.9. The third-order valence-corrected chi connectivity index (χ3v) is 6.58. The zero-order chi connectivity index (χ0) is 28.8. The van der Waals surface area contributed by atoms with Crippen LogP contribution in [0.2, 0.25) is 0 Å². The van der Waals surface area contributed by atoms with Crippen LogP contribution in [0.5, 0.6) is 5.88 Å². The van der Waals surface area contributed by atoms with E-state index in [9.17, 15) is 20.1 Å². The van der Waals surface area contributed by atoms with Crippen molar-refractivity contribution < 1.29 is 38.8 Å². The molecule has 5 unspecified atom stereocenters. The number of carbonyl (C=O) groups is 1. The van der Waals surface area contributed by atoms with Crippen LogP contribution >= 0.6 is 0 Å². The number of anilines is 1. The number of hydrogen-bond acceptors (Lipinski definition) is 11. The Morgan fingerprint density at radius 2 is 1.73 bits per heavy atom. The number of ether oxygens (including phenoxy) is 3. The molecule has 1 fully saturated rings. The van der Waals surface area contributed by atoms with Crippen molar-refractivity contribution >= 4 is 11.9 Å². The normalized spacial score (nSPS) is 22.2. The number of hydrogen-bond donors (Lipinski definition) is 4. The smallest absolute Gasteiger partial charge is 0.415 e. The highest BCUT2D eigenvalue weighted by Gasteiger charge is 2.44. The van der Waals surface area contributed by atoms with E-state index >= 15 is 0 Å². The van der Waals surface area contributed by atoms with Crippen molar-refractivity contribution in [1.29, 1.82) is 0 Å². The third-order valence-electron chi connectivity index (χ3n) is 6.58. The summed E-state index contributed by atoms with van der Waals surface area (Å²) in [7, 11) is 0. The minimum atomic E-state index is -1.62. The van der Waals surface area contributed by atoms with Crippen LogP contribution in [0.25, 0.3) is 11.3 Å².